The maximum atomic E-state index is 11.4. The summed E-state index contributed by atoms with van der Waals surface area (Å²) >= 11 is 0. The van der Waals surface area contributed by atoms with E-state index in [4.69, 9.17) is 5.73 Å². The highest BCUT2D eigenvalue weighted by Gasteiger charge is 2.17. The second kappa shape index (κ2) is 5.38. The van der Waals surface area contributed by atoms with Gasteiger partial charge in [-0.1, -0.05) is 32.1 Å². The lowest BCUT2D eigenvalue weighted by molar-refractivity contribution is -0.120. The van der Waals surface area contributed by atoms with E-state index in [1.165, 1.54) is 32.1 Å². The summed E-state index contributed by atoms with van der Waals surface area (Å²) in [6.45, 7) is 1.90. The molecule has 0 aliphatic heterocycles. The van der Waals surface area contributed by atoms with Crippen LogP contribution < -0.4 is 5.73 Å². The van der Waals surface area contributed by atoms with E-state index in [0.29, 0.717) is 18.1 Å². The summed E-state index contributed by atoms with van der Waals surface area (Å²) in [5, 5.41) is 0. The van der Waals surface area contributed by atoms with Gasteiger partial charge in [0.05, 0.1) is 0 Å². The highest BCUT2D eigenvalue weighted by Crippen LogP contribution is 2.26. The fraction of sp³-hybridized carbons (Fsp3) is 0.909. The first-order valence-electron chi connectivity index (χ1n) is 5.45. The average molecular weight is 183 g/mol. The summed E-state index contributed by atoms with van der Waals surface area (Å²) in [7, 11) is 0. The van der Waals surface area contributed by atoms with Crippen LogP contribution in [0.5, 0.6) is 0 Å². The molecular weight excluding hydrogens is 162 g/mol. The van der Waals surface area contributed by atoms with E-state index in [2.05, 4.69) is 0 Å². The molecule has 0 amide bonds. The smallest absolute Gasteiger partial charge is 0.134 e. The fourth-order valence-corrected chi connectivity index (χ4v) is 2.16. The van der Waals surface area contributed by atoms with Gasteiger partial charge in [0.2, 0.25) is 0 Å². The van der Waals surface area contributed by atoms with E-state index in [9.17, 15) is 4.79 Å². The van der Waals surface area contributed by atoms with Crippen LogP contribution in [0.3, 0.4) is 0 Å². The Bertz CT molecular complexity index is 159. The number of hydrogen-bond donors (Lipinski definition) is 1. The molecule has 2 N–H and O–H groups in total. The molecule has 0 heterocycles. The largest absolute Gasteiger partial charge is 0.328 e. The second-order valence-electron chi connectivity index (χ2n) is 4.43. The molecule has 0 bridgehead atoms. The standard InChI is InChI=1S/C11H21NO/c1-9(12)7-11(13)8-10-5-3-2-4-6-10/h9-10H,2-8,12H2,1H3. The molecule has 0 spiro atoms. The first-order valence-corrected chi connectivity index (χ1v) is 5.45. The van der Waals surface area contributed by atoms with Crippen molar-refractivity contribution in [3.63, 3.8) is 0 Å². The zero-order valence-corrected chi connectivity index (χ0v) is 8.59. The van der Waals surface area contributed by atoms with Crippen LogP contribution in [0.15, 0.2) is 0 Å². The van der Waals surface area contributed by atoms with Gasteiger partial charge in [-0.25, -0.2) is 0 Å². The number of carbonyl (C=O) groups is 1. The summed E-state index contributed by atoms with van der Waals surface area (Å²) in [5.41, 5.74) is 5.58. The van der Waals surface area contributed by atoms with Crippen molar-refractivity contribution in [2.24, 2.45) is 11.7 Å². The molecule has 1 fully saturated rings. The predicted molar refractivity (Wildman–Crippen MR) is 54.5 cm³/mol. The Hall–Kier alpha value is -0.370. The van der Waals surface area contributed by atoms with Gasteiger partial charge in [0.15, 0.2) is 0 Å². The van der Waals surface area contributed by atoms with Gasteiger partial charge in [0.1, 0.15) is 5.78 Å². The lowest BCUT2D eigenvalue weighted by Gasteiger charge is -2.20. The number of ketones is 1. The van der Waals surface area contributed by atoms with Crippen molar-refractivity contribution >= 4 is 5.78 Å². The van der Waals surface area contributed by atoms with Crippen LogP contribution in [0.25, 0.3) is 0 Å². The van der Waals surface area contributed by atoms with Gasteiger partial charge in [-0.2, -0.15) is 0 Å². The highest BCUT2D eigenvalue weighted by atomic mass is 16.1. The summed E-state index contributed by atoms with van der Waals surface area (Å²) in [5.74, 6) is 1.03. The molecule has 1 rings (SSSR count). The Morgan fingerprint density at radius 3 is 2.54 bits per heavy atom. The molecule has 0 radical (unpaired) electrons. The van der Waals surface area contributed by atoms with Crippen LogP contribution in [0.4, 0.5) is 0 Å². The molecule has 13 heavy (non-hydrogen) atoms. The Balaban J connectivity index is 2.18. The van der Waals surface area contributed by atoms with Crippen molar-refractivity contribution in [3.8, 4) is 0 Å². The monoisotopic (exact) mass is 183 g/mol. The van der Waals surface area contributed by atoms with E-state index in [1.54, 1.807) is 0 Å². The lowest BCUT2D eigenvalue weighted by atomic mass is 9.85. The maximum absolute atomic E-state index is 11.4. The van der Waals surface area contributed by atoms with Crippen LogP contribution in [-0.4, -0.2) is 11.8 Å². The molecule has 76 valence electrons. The molecule has 0 saturated heterocycles. The summed E-state index contributed by atoms with van der Waals surface area (Å²) < 4.78 is 0. The molecule has 1 atom stereocenters. The Kier molecular flexibility index (Phi) is 4.43. The maximum Gasteiger partial charge on any atom is 0.134 e. The van der Waals surface area contributed by atoms with Gasteiger partial charge in [-0.05, 0) is 12.8 Å². The minimum atomic E-state index is 0.0380. The van der Waals surface area contributed by atoms with Crippen LogP contribution in [0.1, 0.15) is 51.9 Å². The third kappa shape index (κ3) is 4.41. The number of nitrogens with two attached hydrogens (primary N) is 1. The molecule has 0 aromatic carbocycles. The van der Waals surface area contributed by atoms with Crippen LogP contribution in [-0.2, 0) is 4.79 Å². The van der Waals surface area contributed by atoms with Crippen LogP contribution in [0.2, 0.25) is 0 Å². The van der Waals surface area contributed by atoms with Crippen molar-refractivity contribution in [2.45, 2.75) is 57.9 Å². The first kappa shape index (κ1) is 10.7. The third-order valence-electron chi connectivity index (χ3n) is 2.79. The number of Topliss-reactive ketones (excluding diaryl/α,β-unsaturated/α-hetero) is 1. The SMILES string of the molecule is CC(N)CC(=O)CC1CCCCC1. The van der Waals surface area contributed by atoms with Crippen molar-refractivity contribution in [2.75, 3.05) is 0 Å². The summed E-state index contributed by atoms with van der Waals surface area (Å²) in [6, 6.07) is 0.0380. The molecule has 0 aromatic heterocycles. The van der Waals surface area contributed by atoms with Crippen molar-refractivity contribution in [1.82, 2.24) is 0 Å². The Morgan fingerprint density at radius 2 is 2.00 bits per heavy atom. The molecule has 0 aromatic rings. The van der Waals surface area contributed by atoms with Gasteiger partial charge in [0, 0.05) is 18.9 Å². The predicted octanol–water partition coefficient (Wildman–Crippen LogP) is 2.26. The van der Waals surface area contributed by atoms with E-state index in [1.807, 2.05) is 6.92 Å². The second-order valence-corrected chi connectivity index (χ2v) is 4.43. The van der Waals surface area contributed by atoms with Crippen LogP contribution in [0, 0.1) is 5.92 Å². The minimum absolute atomic E-state index is 0.0380. The molecular formula is C11H21NO. The van der Waals surface area contributed by atoms with Crippen LogP contribution >= 0.6 is 0 Å². The first-order chi connectivity index (χ1) is 6.18. The van der Waals surface area contributed by atoms with Gasteiger partial charge in [0.25, 0.3) is 0 Å². The Labute approximate surface area is 80.9 Å². The minimum Gasteiger partial charge on any atom is -0.328 e. The van der Waals surface area contributed by atoms with E-state index < -0.39 is 0 Å². The fourth-order valence-electron chi connectivity index (χ4n) is 2.16. The normalized spacial score (nSPS) is 21.4. The Morgan fingerprint density at radius 1 is 1.38 bits per heavy atom. The number of rotatable bonds is 4. The van der Waals surface area contributed by atoms with Gasteiger partial charge in [-0.15, -0.1) is 0 Å². The van der Waals surface area contributed by atoms with Gasteiger partial charge < -0.3 is 5.73 Å². The summed E-state index contributed by atoms with van der Waals surface area (Å²) in [6.07, 6.45) is 7.84. The molecule has 1 aliphatic rings. The van der Waals surface area contributed by atoms with E-state index >= 15 is 0 Å². The molecule has 2 heteroatoms. The van der Waals surface area contributed by atoms with Crippen molar-refractivity contribution in [1.29, 1.82) is 0 Å². The summed E-state index contributed by atoms with van der Waals surface area (Å²) in [4.78, 5) is 11.4. The van der Waals surface area contributed by atoms with Gasteiger partial charge in [-0.3, -0.25) is 4.79 Å². The van der Waals surface area contributed by atoms with E-state index in [0.717, 1.165) is 6.42 Å². The molecule has 2 nitrogen and oxygen atoms in total. The quantitative estimate of drug-likeness (QED) is 0.726. The number of carbonyl (C=O) groups excluding carboxylic acids is 1. The lowest BCUT2D eigenvalue weighted by Crippen LogP contribution is -2.21. The zero-order chi connectivity index (χ0) is 9.68. The molecule has 1 unspecified atom stereocenters. The topological polar surface area (TPSA) is 43.1 Å². The number of hydrogen-bond acceptors (Lipinski definition) is 2. The molecule has 1 saturated carbocycles. The van der Waals surface area contributed by atoms with Crippen molar-refractivity contribution < 1.29 is 4.79 Å². The van der Waals surface area contributed by atoms with E-state index in [-0.39, 0.29) is 6.04 Å². The average Bonchev–Trinajstić information content (AvgIpc) is 2.04. The zero-order valence-electron chi connectivity index (χ0n) is 8.59. The van der Waals surface area contributed by atoms with Gasteiger partial charge >= 0.3 is 0 Å². The third-order valence-corrected chi connectivity index (χ3v) is 2.79. The molecule has 1 aliphatic carbocycles. The van der Waals surface area contributed by atoms with Crippen molar-refractivity contribution in [3.05, 3.63) is 0 Å². The highest BCUT2D eigenvalue weighted by molar-refractivity contribution is 5.79.